The molecule has 0 aromatic carbocycles. The molecule has 0 radical (unpaired) electrons. The van der Waals surface area contributed by atoms with Crippen molar-refractivity contribution in [3.8, 4) is 11.1 Å². The van der Waals surface area contributed by atoms with Gasteiger partial charge in [-0.3, -0.25) is 14.8 Å². The SMILES string of the molecule is NC(=O)c1ccc(-c2ccncc2)cn1. The maximum atomic E-state index is 10.8. The van der Waals surface area contributed by atoms with Crippen LogP contribution >= 0.6 is 0 Å². The molecule has 0 aliphatic rings. The normalized spacial score (nSPS) is 9.87. The van der Waals surface area contributed by atoms with Gasteiger partial charge < -0.3 is 5.73 Å². The highest BCUT2D eigenvalue weighted by Crippen LogP contribution is 2.16. The van der Waals surface area contributed by atoms with E-state index in [1.54, 1.807) is 24.7 Å². The summed E-state index contributed by atoms with van der Waals surface area (Å²) in [6.45, 7) is 0. The van der Waals surface area contributed by atoms with E-state index < -0.39 is 5.91 Å². The number of carbonyl (C=O) groups excluding carboxylic acids is 1. The molecule has 0 saturated carbocycles. The first-order valence-corrected chi connectivity index (χ1v) is 4.43. The molecule has 2 N–H and O–H groups in total. The molecule has 0 unspecified atom stereocenters. The quantitative estimate of drug-likeness (QED) is 0.791. The number of nitrogens with two attached hydrogens (primary N) is 1. The minimum Gasteiger partial charge on any atom is -0.364 e. The van der Waals surface area contributed by atoms with Crippen molar-refractivity contribution in [1.82, 2.24) is 9.97 Å². The lowest BCUT2D eigenvalue weighted by molar-refractivity contribution is 0.0995. The van der Waals surface area contributed by atoms with Crippen LogP contribution in [0.2, 0.25) is 0 Å². The highest BCUT2D eigenvalue weighted by atomic mass is 16.1. The molecule has 0 bridgehead atoms. The molecule has 0 fully saturated rings. The highest BCUT2D eigenvalue weighted by Gasteiger charge is 2.02. The number of hydrogen-bond acceptors (Lipinski definition) is 3. The summed E-state index contributed by atoms with van der Waals surface area (Å²) in [5.41, 5.74) is 7.30. The molecular weight excluding hydrogens is 190 g/mol. The second kappa shape index (κ2) is 3.88. The zero-order chi connectivity index (χ0) is 10.7. The van der Waals surface area contributed by atoms with E-state index in [2.05, 4.69) is 9.97 Å². The van der Waals surface area contributed by atoms with Gasteiger partial charge in [0.2, 0.25) is 0 Å². The summed E-state index contributed by atoms with van der Waals surface area (Å²) in [7, 11) is 0. The number of aromatic nitrogens is 2. The zero-order valence-electron chi connectivity index (χ0n) is 7.92. The van der Waals surface area contributed by atoms with Crippen LogP contribution in [0.4, 0.5) is 0 Å². The third-order valence-corrected chi connectivity index (χ3v) is 2.03. The summed E-state index contributed by atoms with van der Waals surface area (Å²) in [5, 5.41) is 0. The maximum absolute atomic E-state index is 10.8. The van der Waals surface area contributed by atoms with Crippen LogP contribution < -0.4 is 5.73 Å². The Labute approximate surface area is 86.8 Å². The van der Waals surface area contributed by atoms with Crippen molar-refractivity contribution in [2.24, 2.45) is 5.73 Å². The topological polar surface area (TPSA) is 68.9 Å². The van der Waals surface area contributed by atoms with E-state index in [1.165, 1.54) is 0 Å². The summed E-state index contributed by atoms with van der Waals surface area (Å²) in [6, 6.07) is 7.17. The van der Waals surface area contributed by atoms with Crippen LogP contribution in [-0.4, -0.2) is 15.9 Å². The van der Waals surface area contributed by atoms with Crippen molar-refractivity contribution in [2.75, 3.05) is 0 Å². The van der Waals surface area contributed by atoms with Crippen LogP contribution in [0.15, 0.2) is 42.9 Å². The number of rotatable bonds is 2. The molecule has 0 atom stereocenters. The Bertz CT molecular complexity index is 465. The standard InChI is InChI=1S/C11H9N3O/c12-11(15)10-2-1-9(7-14-10)8-3-5-13-6-4-8/h1-7H,(H2,12,15). The van der Waals surface area contributed by atoms with Gasteiger partial charge in [-0.2, -0.15) is 0 Å². The zero-order valence-corrected chi connectivity index (χ0v) is 7.92. The van der Waals surface area contributed by atoms with Crippen LogP contribution in [0.3, 0.4) is 0 Å². The molecule has 2 aromatic heterocycles. The predicted octanol–water partition coefficient (Wildman–Crippen LogP) is 1.24. The van der Waals surface area contributed by atoms with Crippen molar-refractivity contribution in [1.29, 1.82) is 0 Å². The lowest BCUT2D eigenvalue weighted by Gasteiger charge is -2.00. The highest BCUT2D eigenvalue weighted by molar-refractivity contribution is 5.91. The minimum absolute atomic E-state index is 0.271. The summed E-state index contributed by atoms with van der Waals surface area (Å²) >= 11 is 0. The Kier molecular flexibility index (Phi) is 2.41. The number of hydrogen-bond donors (Lipinski definition) is 1. The van der Waals surface area contributed by atoms with Gasteiger partial charge in [-0.25, -0.2) is 0 Å². The number of amides is 1. The van der Waals surface area contributed by atoms with Crippen molar-refractivity contribution < 1.29 is 4.79 Å². The third kappa shape index (κ3) is 1.99. The molecular formula is C11H9N3O. The third-order valence-electron chi connectivity index (χ3n) is 2.03. The van der Waals surface area contributed by atoms with Gasteiger partial charge in [-0.1, -0.05) is 6.07 Å². The fourth-order valence-corrected chi connectivity index (χ4v) is 1.25. The van der Waals surface area contributed by atoms with Gasteiger partial charge >= 0.3 is 0 Å². The van der Waals surface area contributed by atoms with Gasteiger partial charge in [0, 0.05) is 24.2 Å². The molecule has 2 rings (SSSR count). The smallest absolute Gasteiger partial charge is 0.267 e. The molecule has 0 aliphatic carbocycles. The van der Waals surface area contributed by atoms with Crippen LogP contribution in [0.25, 0.3) is 11.1 Å². The van der Waals surface area contributed by atoms with Gasteiger partial charge in [0.25, 0.3) is 5.91 Å². The summed E-state index contributed by atoms with van der Waals surface area (Å²) in [6.07, 6.45) is 5.03. The second-order valence-corrected chi connectivity index (χ2v) is 3.03. The second-order valence-electron chi connectivity index (χ2n) is 3.03. The van der Waals surface area contributed by atoms with Crippen LogP contribution in [-0.2, 0) is 0 Å². The van der Waals surface area contributed by atoms with Gasteiger partial charge in [-0.05, 0) is 23.8 Å². The first-order valence-electron chi connectivity index (χ1n) is 4.43. The van der Waals surface area contributed by atoms with E-state index >= 15 is 0 Å². The van der Waals surface area contributed by atoms with E-state index in [1.807, 2.05) is 18.2 Å². The Balaban J connectivity index is 2.36. The van der Waals surface area contributed by atoms with Gasteiger partial charge in [0.05, 0.1) is 0 Å². The first-order chi connectivity index (χ1) is 7.27. The number of nitrogens with zero attached hydrogens (tertiary/aromatic N) is 2. The van der Waals surface area contributed by atoms with Crippen LogP contribution in [0.1, 0.15) is 10.5 Å². The average Bonchev–Trinajstić information content (AvgIpc) is 2.30. The maximum Gasteiger partial charge on any atom is 0.267 e. The van der Waals surface area contributed by atoms with Crippen molar-refractivity contribution in [3.63, 3.8) is 0 Å². The number of pyridine rings is 2. The molecule has 74 valence electrons. The predicted molar refractivity (Wildman–Crippen MR) is 56.0 cm³/mol. The minimum atomic E-state index is -0.517. The van der Waals surface area contributed by atoms with E-state index in [-0.39, 0.29) is 5.69 Å². The van der Waals surface area contributed by atoms with Gasteiger partial charge in [0.15, 0.2) is 0 Å². The van der Waals surface area contributed by atoms with E-state index in [4.69, 9.17) is 5.73 Å². The lowest BCUT2D eigenvalue weighted by Crippen LogP contribution is -2.12. The largest absolute Gasteiger partial charge is 0.364 e. The summed E-state index contributed by atoms with van der Waals surface area (Å²) < 4.78 is 0. The lowest BCUT2D eigenvalue weighted by atomic mass is 10.1. The number of carbonyl (C=O) groups is 1. The van der Waals surface area contributed by atoms with Crippen molar-refractivity contribution in [2.45, 2.75) is 0 Å². The summed E-state index contributed by atoms with van der Waals surface area (Å²) in [4.78, 5) is 18.7. The van der Waals surface area contributed by atoms with Crippen LogP contribution in [0, 0.1) is 0 Å². The fraction of sp³-hybridized carbons (Fsp3) is 0. The van der Waals surface area contributed by atoms with Crippen molar-refractivity contribution >= 4 is 5.91 Å². The van der Waals surface area contributed by atoms with Crippen LogP contribution in [0.5, 0.6) is 0 Å². The average molecular weight is 199 g/mol. The molecule has 4 heteroatoms. The van der Waals surface area contributed by atoms with E-state index in [9.17, 15) is 4.79 Å². The van der Waals surface area contributed by atoms with Gasteiger partial charge in [0.1, 0.15) is 5.69 Å². The summed E-state index contributed by atoms with van der Waals surface area (Å²) in [5.74, 6) is -0.517. The Morgan fingerprint density at radius 3 is 2.33 bits per heavy atom. The Morgan fingerprint density at radius 1 is 1.07 bits per heavy atom. The molecule has 15 heavy (non-hydrogen) atoms. The van der Waals surface area contributed by atoms with E-state index in [0.29, 0.717) is 0 Å². The molecule has 0 saturated heterocycles. The molecule has 0 spiro atoms. The first kappa shape index (κ1) is 9.33. The molecule has 0 aliphatic heterocycles. The fourth-order valence-electron chi connectivity index (χ4n) is 1.25. The van der Waals surface area contributed by atoms with E-state index in [0.717, 1.165) is 11.1 Å². The molecule has 4 nitrogen and oxygen atoms in total. The van der Waals surface area contributed by atoms with Gasteiger partial charge in [-0.15, -0.1) is 0 Å². The molecule has 2 aromatic rings. The molecule has 2 heterocycles. The number of primary amides is 1. The monoisotopic (exact) mass is 199 g/mol. The Hall–Kier alpha value is -2.23. The van der Waals surface area contributed by atoms with Crippen molar-refractivity contribution in [3.05, 3.63) is 48.5 Å². The Morgan fingerprint density at radius 2 is 1.80 bits per heavy atom. The molecule has 1 amide bonds.